The van der Waals surface area contributed by atoms with Gasteiger partial charge in [-0.1, -0.05) is 42.5 Å². The molecular formula is C26H23N4O. The molecule has 1 aliphatic heterocycles. The number of fused-ring (bicyclic) bond motifs is 1. The van der Waals surface area contributed by atoms with Crippen molar-refractivity contribution < 1.29 is 4.79 Å². The summed E-state index contributed by atoms with van der Waals surface area (Å²) in [7, 11) is 0. The predicted octanol–water partition coefficient (Wildman–Crippen LogP) is 4.87. The molecule has 0 saturated carbocycles. The number of hydrogen-bond donors (Lipinski definition) is 1. The lowest BCUT2D eigenvalue weighted by Gasteiger charge is -2.16. The molecule has 1 radical (unpaired) electrons. The molecule has 0 spiro atoms. The van der Waals surface area contributed by atoms with E-state index in [1.807, 2.05) is 66.7 Å². The monoisotopic (exact) mass is 407 g/mol. The zero-order chi connectivity index (χ0) is 21.0. The summed E-state index contributed by atoms with van der Waals surface area (Å²) in [6, 6.07) is 24.8. The van der Waals surface area contributed by atoms with Gasteiger partial charge in [0, 0.05) is 43.0 Å². The molecule has 3 aromatic carbocycles. The van der Waals surface area contributed by atoms with E-state index in [4.69, 9.17) is 0 Å². The van der Waals surface area contributed by atoms with Gasteiger partial charge in [-0.3, -0.25) is 4.79 Å². The molecule has 0 unspecified atom stereocenters. The average Bonchev–Trinajstić information content (AvgIpc) is 3.35. The van der Waals surface area contributed by atoms with Crippen LogP contribution in [0.3, 0.4) is 0 Å². The van der Waals surface area contributed by atoms with E-state index in [1.54, 1.807) is 6.20 Å². The Hall–Kier alpha value is -3.73. The summed E-state index contributed by atoms with van der Waals surface area (Å²) < 4.78 is 0. The summed E-state index contributed by atoms with van der Waals surface area (Å²) in [4.78, 5) is 24.0. The molecule has 31 heavy (non-hydrogen) atoms. The highest BCUT2D eigenvalue weighted by Crippen LogP contribution is 2.19. The number of aromatic nitrogens is 2. The van der Waals surface area contributed by atoms with Gasteiger partial charge in [-0.15, -0.1) is 0 Å². The lowest BCUT2D eigenvalue weighted by atomic mass is 10.1. The van der Waals surface area contributed by atoms with Crippen LogP contribution < -0.4 is 10.2 Å². The van der Waals surface area contributed by atoms with Crippen molar-refractivity contribution in [1.82, 2.24) is 9.97 Å². The molecule has 5 nitrogen and oxygen atoms in total. The van der Waals surface area contributed by atoms with Gasteiger partial charge < -0.3 is 10.2 Å². The molecule has 1 aliphatic rings. The summed E-state index contributed by atoms with van der Waals surface area (Å²) >= 11 is 0. The number of nitrogens with zero attached hydrogens (tertiary/aromatic N) is 3. The van der Waals surface area contributed by atoms with Gasteiger partial charge in [0.2, 0.25) is 0 Å². The predicted molar refractivity (Wildman–Crippen MR) is 123 cm³/mol. The first-order valence-electron chi connectivity index (χ1n) is 10.6. The van der Waals surface area contributed by atoms with Crippen molar-refractivity contribution in [2.45, 2.75) is 19.3 Å². The van der Waals surface area contributed by atoms with Crippen molar-refractivity contribution in [1.29, 1.82) is 0 Å². The molecular weight excluding hydrogens is 384 g/mol. The molecule has 1 fully saturated rings. The van der Waals surface area contributed by atoms with E-state index in [0.29, 0.717) is 12.0 Å². The van der Waals surface area contributed by atoms with Crippen LogP contribution in [-0.4, -0.2) is 29.0 Å². The Morgan fingerprint density at radius 1 is 0.968 bits per heavy atom. The Morgan fingerprint density at radius 3 is 2.55 bits per heavy atom. The van der Waals surface area contributed by atoms with E-state index < -0.39 is 0 Å². The van der Waals surface area contributed by atoms with Gasteiger partial charge in [0.05, 0.1) is 0 Å². The maximum absolute atomic E-state index is 12.7. The van der Waals surface area contributed by atoms with Crippen LogP contribution in [0.5, 0.6) is 0 Å². The van der Waals surface area contributed by atoms with Crippen molar-refractivity contribution in [2.75, 3.05) is 23.3 Å². The second-order valence-electron chi connectivity index (χ2n) is 7.84. The zero-order valence-electron chi connectivity index (χ0n) is 17.2. The minimum absolute atomic E-state index is 0.115. The lowest BCUT2D eigenvalue weighted by molar-refractivity contribution is 0.102. The zero-order valence-corrected chi connectivity index (χ0v) is 17.2. The Balaban J connectivity index is 1.25. The van der Waals surface area contributed by atoms with Crippen LogP contribution in [-0.2, 0) is 6.42 Å². The maximum Gasteiger partial charge on any atom is 0.255 e. The van der Waals surface area contributed by atoms with Crippen LogP contribution in [0.15, 0.2) is 72.9 Å². The van der Waals surface area contributed by atoms with Gasteiger partial charge in [0.15, 0.2) is 0 Å². The van der Waals surface area contributed by atoms with Crippen LogP contribution in [0.2, 0.25) is 0 Å². The Kier molecular flexibility index (Phi) is 5.31. The number of carbonyl (C=O) groups excluding carboxylic acids is 1. The van der Waals surface area contributed by atoms with E-state index in [2.05, 4.69) is 26.3 Å². The molecule has 2 heterocycles. The standard InChI is InChI=1S/C26H23N4O/c31-26(22-10-9-20-5-1-2-6-21(20)18-22)28-23-11-7-19(8-12-23)17-24-27-14-13-25(29-24)30-15-3-4-16-30/h1-2,5-12,14,18H,3-4,15-17H2,(H,28,31). The highest BCUT2D eigenvalue weighted by atomic mass is 16.1. The number of amides is 1. The summed E-state index contributed by atoms with van der Waals surface area (Å²) in [5.41, 5.74) is 2.51. The third-order valence-electron chi connectivity index (χ3n) is 5.63. The number of anilines is 2. The number of hydrogen-bond acceptors (Lipinski definition) is 4. The first-order valence-corrected chi connectivity index (χ1v) is 10.6. The van der Waals surface area contributed by atoms with E-state index in [1.165, 1.54) is 12.8 Å². The molecule has 4 aromatic rings. The highest BCUT2D eigenvalue weighted by molar-refractivity contribution is 6.06. The van der Waals surface area contributed by atoms with Crippen molar-refractivity contribution in [3.8, 4) is 0 Å². The second-order valence-corrected chi connectivity index (χ2v) is 7.84. The topological polar surface area (TPSA) is 58.1 Å². The smallest absolute Gasteiger partial charge is 0.255 e. The van der Waals surface area contributed by atoms with Crippen LogP contribution in [0.1, 0.15) is 34.6 Å². The van der Waals surface area contributed by atoms with E-state index in [9.17, 15) is 4.79 Å². The van der Waals surface area contributed by atoms with Gasteiger partial charge in [-0.05, 0) is 53.4 Å². The third kappa shape index (κ3) is 4.40. The van der Waals surface area contributed by atoms with Gasteiger partial charge in [-0.2, -0.15) is 0 Å². The summed E-state index contributed by atoms with van der Waals surface area (Å²) in [5, 5.41) is 5.16. The first kappa shape index (κ1) is 19.2. The van der Waals surface area contributed by atoms with E-state index in [0.717, 1.165) is 46.8 Å². The van der Waals surface area contributed by atoms with Crippen LogP contribution in [0.4, 0.5) is 11.5 Å². The summed E-state index contributed by atoms with van der Waals surface area (Å²) in [6.45, 7) is 2.08. The Morgan fingerprint density at radius 2 is 1.74 bits per heavy atom. The molecule has 1 N–H and O–H groups in total. The number of benzene rings is 3. The summed E-state index contributed by atoms with van der Waals surface area (Å²) in [6.07, 6.45) is 4.78. The number of carbonyl (C=O) groups is 1. The van der Waals surface area contributed by atoms with Crippen molar-refractivity contribution in [2.24, 2.45) is 0 Å². The molecule has 1 saturated heterocycles. The molecule has 1 aromatic heterocycles. The number of nitrogens with one attached hydrogen (secondary N) is 1. The van der Waals surface area contributed by atoms with Gasteiger partial charge in [0.25, 0.3) is 5.91 Å². The summed E-state index contributed by atoms with van der Waals surface area (Å²) in [5.74, 6) is 1.56. The minimum Gasteiger partial charge on any atom is -0.356 e. The molecule has 5 heteroatoms. The fourth-order valence-corrected chi connectivity index (χ4v) is 3.95. The molecule has 153 valence electrons. The van der Waals surface area contributed by atoms with E-state index in [-0.39, 0.29) is 5.91 Å². The maximum atomic E-state index is 12.7. The normalized spacial score (nSPS) is 13.5. The molecule has 1 amide bonds. The largest absolute Gasteiger partial charge is 0.356 e. The van der Waals surface area contributed by atoms with Crippen molar-refractivity contribution in [3.63, 3.8) is 0 Å². The molecule has 0 atom stereocenters. The van der Waals surface area contributed by atoms with Crippen LogP contribution >= 0.6 is 0 Å². The van der Waals surface area contributed by atoms with Crippen LogP contribution in [0, 0.1) is 6.07 Å². The lowest BCUT2D eigenvalue weighted by Crippen LogP contribution is -2.19. The average molecular weight is 407 g/mol. The number of rotatable bonds is 5. The first-order chi connectivity index (χ1) is 15.2. The van der Waals surface area contributed by atoms with Crippen molar-refractivity contribution in [3.05, 3.63) is 95.9 Å². The van der Waals surface area contributed by atoms with E-state index >= 15 is 0 Å². The second kappa shape index (κ2) is 8.56. The van der Waals surface area contributed by atoms with Gasteiger partial charge in [0.1, 0.15) is 11.6 Å². The highest BCUT2D eigenvalue weighted by Gasteiger charge is 2.14. The molecule has 0 bridgehead atoms. The molecule has 0 aliphatic carbocycles. The Bertz CT molecular complexity index is 1210. The van der Waals surface area contributed by atoms with Gasteiger partial charge in [-0.25, -0.2) is 9.97 Å². The quantitative estimate of drug-likeness (QED) is 0.513. The fourth-order valence-electron chi connectivity index (χ4n) is 3.95. The Labute approximate surface area is 181 Å². The molecule has 5 rings (SSSR count). The fraction of sp³-hybridized carbons (Fsp3) is 0.192. The third-order valence-corrected chi connectivity index (χ3v) is 5.63. The SMILES string of the molecule is O=C(Nc1ccc(Cc2nc[c]c(N3CCCC3)n2)cc1)c1ccc2ccccc2c1. The van der Waals surface area contributed by atoms with Crippen molar-refractivity contribution >= 4 is 28.2 Å². The van der Waals surface area contributed by atoms with Gasteiger partial charge >= 0.3 is 0 Å². The van der Waals surface area contributed by atoms with Crippen LogP contribution in [0.25, 0.3) is 10.8 Å². The minimum atomic E-state index is -0.115.